The molecule has 3 aromatic rings. The average molecular weight is 344 g/mol. The Kier molecular flexibility index (Phi) is 4.27. The molecule has 0 unspecified atom stereocenters. The molecule has 1 atom stereocenters. The van der Waals surface area contributed by atoms with Gasteiger partial charge in [0.05, 0.1) is 6.04 Å². The first-order valence-electron chi connectivity index (χ1n) is 8.08. The van der Waals surface area contributed by atoms with E-state index in [0.717, 1.165) is 30.5 Å². The van der Waals surface area contributed by atoms with E-state index in [2.05, 4.69) is 36.9 Å². The molecule has 24 heavy (non-hydrogen) atoms. The molecule has 1 aliphatic heterocycles. The van der Waals surface area contributed by atoms with Crippen LogP contribution in [-0.2, 0) is 0 Å². The molecular formula is C16H18ClN7. The highest BCUT2D eigenvalue weighted by Gasteiger charge is 2.23. The van der Waals surface area contributed by atoms with Gasteiger partial charge in [-0.15, -0.1) is 14.8 Å². The third kappa shape index (κ3) is 3.18. The van der Waals surface area contributed by atoms with Crippen molar-refractivity contribution in [3.8, 4) is 0 Å². The Hall–Kier alpha value is -2.25. The van der Waals surface area contributed by atoms with Gasteiger partial charge in [0.2, 0.25) is 0 Å². The monoisotopic (exact) mass is 343 g/mol. The molecule has 2 aromatic heterocycles. The summed E-state index contributed by atoms with van der Waals surface area (Å²) >= 11 is 6.19. The van der Waals surface area contributed by atoms with Crippen LogP contribution in [0.5, 0.6) is 0 Å². The topological polar surface area (TPSA) is 71.2 Å². The maximum Gasteiger partial charge on any atom is 0.200 e. The number of tetrazole rings is 1. The van der Waals surface area contributed by atoms with E-state index in [9.17, 15) is 0 Å². The Bertz CT molecular complexity index is 828. The Labute approximate surface area is 144 Å². The van der Waals surface area contributed by atoms with Crippen molar-refractivity contribution in [2.45, 2.75) is 18.9 Å². The molecule has 1 fully saturated rings. The fraction of sp³-hybridized carbons (Fsp3) is 0.375. The van der Waals surface area contributed by atoms with E-state index in [1.54, 1.807) is 0 Å². The number of nitrogens with one attached hydrogen (secondary N) is 1. The SMILES string of the molecule is Clc1cccc([C@@H](CNc2ccc3nnnn3n2)N2CCCC2)c1. The van der Waals surface area contributed by atoms with E-state index in [1.165, 1.54) is 23.0 Å². The third-order valence-corrected chi connectivity index (χ3v) is 4.60. The van der Waals surface area contributed by atoms with Crippen molar-refractivity contribution in [1.82, 2.24) is 30.2 Å². The molecule has 124 valence electrons. The molecule has 1 aliphatic rings. The van der Waals surface area contributed by atoms with Gasteiger partial charge in [0.25, 0.3) is 0 Å². The highest BCUT2D eigenvalue weighted by Crippen LogP contribution is 2.27. The molecule has 3 heterocycles. The molecule has 7 nitrogen and oxygen atoms in total. The minimum atomic E-state index is 0.262. The van der Waals surface area contributed by atoms with E-state index in [1.807, 2.05) is 30.3 Å². The third-order valence-electron chi connectivity index (χ3n) is 4.36. The maximum atomic E-state index is 6.19. The standard InChI is InChI=1S/C16H18ClN7/c17-13-5-3-4-12(10-13)14(23-8-1-2-9-23)11-18-15-6-7-16-19-21-22-24(16)20-15/h3-7,10,14H,1-2,8-9,11H2,(H,18,20)/t14-/m1/s1. The molecule has 4 rings (SSSR count). The van der Waals surface area contributed by atoms with Crippen molar-refractivity contribution in [2.75, 3.05) is 25.0 Å². The number of fused-ring (bicyclic) bond motifs is 1. The van der Waals surface area contributed by atoms with Crippen LogP contribution >= 0.6 is 11.6 Å². The summed E-state index contributed by atoms with van der Waals surface area (Å²) in [5, 5.41) is 19.8. The van der Waals surface area contributed by atoms with Gasteiger partial charge in [-0.2, -0.15) is 0 Å². The second-order valence-electron chi connectivity index (χ2n) is 5.94. The first-order chi connectivity index (χ1) is 11.8. The lowest BCUT2D eigenvalue weighted by atomic mass is 10.1. The van der Waals surface area contributed by atoms with Crippen LogP contribution < -0.4 is 5.32 Å². The summed E-state index contributed by atoms with van der Waals surface area (Å²) in [4.78, 5) is 2.49. The second-order valence-corrected chi connectivity index (χ2v) is 6.38. The van der Waals surface area contributed by atoms with Crippen LogP contribution in [-0.4, -0.2) is 49.8 Å². The summed E-state index contributed by atoms with van der Waals surface area (Å²) in [7, 11) is 0. The summed E-state index contributed by atoms with van der Waals surface area (Å²) < 4.78 is 1.42. The van der Waals surface area contributed by atoms with E-state index in [-0.39, 0.29) is 6.04 Å². The fourth-order valence-electron chi connectivity index (χ4n) is 3.17. The number of nitrogens with zero attached hydrogens (tertiary/aromatic N) is 6. The first kappa shape index (κ1) is 15.3. The zero-order valence-corrected chi connectivity index (χ0v) is 13.9. The molecule has 0 bridgehead atoms. The van der Waals surface area contributed by atoms with Gasteiger partial charge < -0.3 is 5.32 Å². The molecular weight excluding hydrogens is 326 g/mol. The van der Waals surface area contributed by atoms with Crippen LogP contribution in [0.25, 0.3) is 5.65 Å². The van der Waals surface area contributed by atoms with Gasteiger partial charge in [0, 0.05) is 11.6 Å². The molecule has 1 N–H and O–H groups in total. The van der Waals surface area contributed by atoms with Crippen LogP contribution in [0.15, 0.2) is 36.4 Å². The van der Waals surface area contributed by atoms with Crippen molar-refractivity contribution in [1.29, 1.82) is 0 Å². The Morgan fingerprint density at radius 3 is 2.88 bits per heavy atom. The van der Waals surface area contributed by atoms with Gasteiger partial charge in [-0.05, 0) is 66.2 Å². The van der Waals surface area contributed by atoms with Crippen LogP contribution in [0.3, 0.4) is 0 Å². The number of hydrogen-bond donors (Lipinski definition) is 1. The minimum absolute atomic E-state index is 0.262. The largest absolute Gasteiger partial charge is 0.367 e. The van der Waals surface area contributed by atoms with Gasteiger partial charge in [0.15, 0.2) is 5.65 Å². The predicted molar refractivity (Wildman–Crippen MR) is 92.1 cm³/mol. The molecule has 0 radical (unpaired) electrons. The van der Waals surface area contributed by atoms with Gasteiger partial charge >= 0.3 is 0 Å². The molecule has 0 aliphatic carbocycles. The van der Waals surface area contributed by atoms with Gasteiger partial charge in [-0.25, -0.2) is 0 Å². The van der Waals surface area contributed by atoms with Crippen molar-refractivity contribution >= 4 is 23.1 Å². The van der Waals surface area contributed by atoms with Gasteiger partial charge in [-0.1, -0.05) is 23.7 Å². The van der Waals surface area contributed by atoms with E-state index < -0.39 is 0 Å². The number of aromatic nitrogens is 5. The number of rotatable bonds is 5. The van der Waals surface area contributed by atoms with Crippen molar-refractivity contribution < 1.29 is 0 Å². The van der Waals surface area contributed by atoms with Crippen LogP contribution in [0, 0.1) is 0 Å². The average Bonchev–Trinajstić information content (AvgIpc) is 3.26. The molecule has 0 amide bonds. The Morgan fingerprint density at radius 2 is 2.04 bits per heavy atom. The van der Waals surface area contributed by atoms with E-state index in [0.29, 0.717) is 5.65 Å². The highest BCUT2D eigenvalue weighted by molar-refractivity contribution is 6.30. The minimum Gasteiger partial charge on any atom is -0.367 e. The Balaban J connectivity index is 1.54. The molecule has 8 heteroatoms. The number of anilines is 1. The van der Waals surface area contributed by atoms with Crippen LogP contribution in [0.4, 0.5) is 5.82 Å². The number of benzene rings is 1. The predicted octanol–water partition coefficient (Wildman–Crippen LogP) is 2.42. The molecule has 1 aromatic carbocycles. The molecule has 1 saturated heterocycles. The molecule has 0 saturated carbocycles. The highest BCUT2D eigenvalue weighted by atomic mass is 35.5. The fourth-order valence-corrected chi connectivity index (χ4v) is 3.37. The lowest BCUT2D eigenvalue weighted by Gasteiger charge is -2.28. The smallest absolute Gasteiger partial charge is 0.200 e. The lowest BCUT2D eigenvalue weighted by molar-refractivity contribution is 0.256. The Morgan fingerprint density at radius 1 is 1.17 bits per heavy atom. The number of likely N-dealkylation sites (tertiary alicyclic amines) is 1. The maximum absolute atomic E-state index is 6.19. The first-order valence-corrected chi connectivity index (χ1v) is 8.46. The van der Waals surface area contributed by atoms with Gasteiger partial charge in [-0.3, -0.25) is 4.90 Å². The summed E-state index contributed by atoms with van der Waals surface area (Å²) in [5.41, 5.74) is 1.85. The lowest BCUT2D eigenvalue weighted by Crippen LogP contribution is -2.31. The van der Waals surface area contributed by atoms with Crippen molar-refractivity contribution in [3.63, 3.8) is 0 Å². The van der Waals surface area contributed by atoms with E-state index in [4.69, 9.17) is 11.6 Å². The van der Waals surface area contributed by atoms with Gasteiger partial charge in [0.1, 0.15) is 5.82 Å². The summed E-state index contributed by atoms with van der Waals surface area (Å²) in [6, 6.07) is 12.1. The zero-order valence-electron chi connectivity index (χ0n) is 13.1. The van der Waals surface area contributed by atoms with Crippen LogP contribution in [0.2, 0.25) is 5.02 Å². The molecule has 0 spiro atoms. The summed E-state index contributed by atoms with van der Waals surface area (Å²) in [6.45, 7) is 2.97. The van der Waals surface area contributed by atoms with Crippen molar-refractivity contribution in [3.05, 3.63) is 47.0 Å². The quantitative estimate of drug-likeness (QED) is 0.767. The number of hydrogen-bond acceptors (Lipinski definition) is 6. The van der Waals surface area contributed by atoms with Crippen LogP contribution in [0.1, 0.15) is 24.4 Å². The van der Waals surface area contributed by atoms with E-state index >= 15 is 0 Å². The normalized spacial score (nSPS) is 16.5. The number of halogens is 1. The van der Waals surface area contributed by atoms with Crippen molar-refractivity contribution in [2.24, 2.45) is 0 Å². The zero-order chi connectivity index (χ0) is 16.4. The summed E-state index contributed by atoms with van der Waals surface area (Å²) in [6.07, 6.45) is 2.48. The second kappa shape index (κ2) is 6.70. The summed E-state index contributed by atoms with van der Waals surface area (Å²) in [5.74, 6) is 0.751.